The van der Waals surface area contributed by atoms with Crippen LogP contribution in [0.2, 0.25) is 0 Å². The van der Waals surface area contributed by atoms with Gasteiger partial charge in [0, 0.05) is 12.8 Å². The molecule has 0 spiro atoms. The molecule has 0 aromatic heterocycles. The SMILES string of the molecule is CCCCCCCC(=O)Oc1ccc(C)cc1OC(=O)CCCCCCC. The van der Waals surface area contributed by atoms with Gasteiger partial charge in [-0.25, -0.2) is 0 Å². The van der Waals surface area contributed by atoms with Crippen molar-refractivity contribution in [3.8, 4) is 11.5 Å². The zero-order valence-electron chi connectivity index (χ0n) is 17.4. The van der Waals surface area contributed by atoms with E-state index >= 15 is 0 Å². The molecule has 4 heteroatoms. The molecule has 0 bridgehead atoms. The molecule has 0 aliphatic rings. The Morgan fingerprint density at radius 3 is 1.70 bits per heavy atom. The third kappa shape index (κ3) is 10.8. The number of hydrogen-bond donors (Lipinski definition) is 0. The van der Waals surface area contributed by atoms with Crippen LogP contribution >= 0.6 is 0 Å². The van der Waals surface area contributed by atoms with Crippen LogP contribution in [0.5, 0.6) is 11.5 Å². The van der Waals surface area contributed by atoms with Crippen LogP contribution < -0.4 is 9.47 Å². The Balaban J connectivity index is 2.49. The van der Waals surface area contributed by atoms with Crippen LogP contribution in [0.15, 0.2) is 18.2 Å². The van der Waals surface area contributed by atoms with Gasteiger partial charge in [-0.15, -0.1) is 0 Å². The second-order valence-corrected chi connectivity index (χ2v) is 7.23. The van der Waals surface area contributed by atoms with E-state index in [1.165, 1.54) is 25.7 Å². The third-order valence-corrected chi connectivity index (χ3v) is 4.52. The quantitative estimate of drug-likeness (QED) is 0.210. The molecule has 0 aliphatic heterocycles. The van der Waals surface area contributed by atoms with E-state index in [0.29, 0.717) is 24.3 Å². The molecule has 0 saturated heterocycles. The molecule has 1 rings (SSSR count). The molecule has 152 valence electrons. The number of rotatable bonds is 14. The number of hydrogen-bond acceptors (Lipinski definition) is 4. The first-order valence-electron chi connectivity index (χ1n) is 10.6. The minimum atomic E-state index is -0.271. The molecule has 0 unspecified atom stereocenters. The van der Waals surface area contributed by atoms with Crippen molar-refractivity contribution in [2.24, 2.45) is 0 Å². The monoisotopic (exact) mass is 376 g/mol. The molecular weight excluding hydrogens is 340 g/mol. The molecule has 0 atom stereocenters. The maximum atomic E-state index is 12.1. The van der Waals surface area contributed by atoms with Crippen molar-refractivity contribution in [3.63, 3.8) is 0 Å². The summed E-state index contributed by atoms with van der Waals surface area (Å²) in [6, 6.07) is 5.30. The van der Waals surface area contributed by atoms with Crippen molar-refractivity contribution >= 4 is 11.9 Å². The normalized spacial score (nSPS) is 10.6. The smallest absolute Gasteiger partial charge is 0.311 e. The Labute approximate surface area is 164 Å². The van der Waals surface area contributed by atoms with Crippen LogP contribution in [0.25, 0.3) is 0 Å². The van der Waals surface area contributed by atoms with Gasteiger partial charge in [0.2, 0.25) is 0 Å². The highest BCUT2D eigenvalue weighted by Crippen LogP contribution is 2.29. The summed E-state index contributed by atoms with van der Waals surface area (Å²) >= 11 is 0. The topological polar surface area (TPSA) is 52.6 Å². The fourth-order valence-corrected chi connectivity index (χ4v) is 2.87. The Morgan fingerprint density at radius 1 is 0.704 bits per heavy atom. The summed E-state index contributed by atoms with van der Waals surface area (Å²) in [6.45, 7) is 6.25. The zero-order chi connectivity index (χ0) is 19.9. The number of carbonyl (C=O) groups excluding carboxylic acids is 2. The lowest BCUT2D eigenvalue weighted by atomic mass is 10.1. The lowest BCUT2D eigenvalue weighted by Crippen LogP contribution is -2.12. The highest BCUT2D eigenvalue weighted by Gasteiger charge is 2.14. The summed E-state index contributed by atoms with van der Waals surface area (Å²) in [4.78, 5) is 24.2. The third-order valence-electron chi connectivity index (χ3n) is 4.52. The van der Waals surface area contributed by atoms with Gasteiger partial charge < -0.3 is 9.47 Å². The van der Waals surface area contributed by atoms with Gasteiger partial charge in [0.05, 0.1) is 0 Å². The number of unbranched alkanes of at least 4 members (excludes halogenated alkanes) is 8. The van der Waals surface area contributed by atoms with Crippen LogP contribution in [-0.4, -0.2) is 11.9 Å². The van der Waals surface area contributed by atoms with Crippen LogP contribution in [0.3, 0.4) is 0 Å². The molecule has 0 N–H and O–H groups in total. The lowest BCUT2D eigenvalue weighted by molar-refractivity contribution is -0.137. The van der Waals surface area contributed by atoms with Gasteiger partial charge in [-0.3, -0.25) is 9.59 Å². The van der Waals surface area contributed by atoms with E-state index in [9.17, 15) is 9.59 Å². The Kier molecular flexibility index (Phi) is 12.2. The summed E-state index contributed by atoms with van der Waals surface area (Å²) in [5.74, 6) is 0.132. The van der Waals surface area contributed by atoms with E-state index in [-0.39, 0.29) is 11.9 Å². The minimum absolute atomic E-state index is 0.269. The number of ether oxygens (including phenoxy) is 2. The molecular formula is C23H36O4. The maximum Gasteiger partial charge on any atom is 0.311 e. The number of carbonyl (C=O) groups is 2. The summed E-state index contributed by atoms with van der Waals surface area (Å²) in [5.41, 5.74) is 0.958. The van der Waals surface area contributed by atoms with Gasteiger partial charge in [0.15, 0.2) is 11.5 Å². The van der Waals surface area contributed by atoms with E-state index in [0.717, 1.165) is 44.1 Å². The molecule has 1 aromatic rings. The second-order valence-electron chi connectivity index (χ2n) is 7.23. The van der Waals surface area contributed by atoms with Crippen molar-refractivity contribution in [1.82, 2.24) is 0 Å². The molecule has 0 radical (unpaired) electrons. The standard InChI is InChI=1S/C23H36O4/c1-4-6-8-10-12-14-22(24)26-20-17-16-19(3)18-21(20)27-23(25)15-13-11-9-7-5-2/h16-18H,4-15H2,1-3H3. The highest BCUT2D eigenvalue weighted by molar-refractivity contribution is 5.76. The summed E-state index contributed by atoms with van der Waals surface area (Å²) < 4.78 is 10.9. The summed E-state index contributed by atoms with van der Waals surface area (Å²) in [5, 5.41) is 0. The van der Waals surface area contributed by atoms with Crippen LogP contribution in [0.1, 0.15) is 96.5 Å². The van der Waals surface area contributed by atoms with Crippen molar-refractivity contribution in [3.05, 3.63) is 23.8 Å². The van der Waals surface area contributed by atoms with E-state index in [4.69, 9.17) is 9.47 Å². The molecule has 0 amide bonds. The first-order valence-corrected chi connectivity index (χ1v) is 10.6. The van der Waals surface area contributed by atoms with Crippen molar-refractivity contribution < 1.29 is 19.1 Å². The molecule has 0 aliphatic carbocycles. The molecule has 4 nitrogen and oxygen atoms in total. The Hall–Kier alpha value is -1.84. The van der Waals surface area contributed by atoms with Gasteiger partial charge in [-0.1, -0.05) is 71.3 Å². The highest BCUT2D eigenvalue weighted by atomic mass is 16.6. The summed E-state index contributed by atoms with van der Waals surface area (Å²) in [6.07, 6.45) is 11.6. The lowest BCUT2D eigenvalue weighted by Gasteiger charge is -2.11. The first kappa shape index (κ1) is 23.2. The largest absolute Gasteiger partial charge is 0.423 e. The van der Waals surface area contributed by atoms with E-state index in [1.54, 1.807) is 12.1 Å². The van der Waals surface area contributed by atoms with Gasteiger partial charge >= 0.3 is 11.9 Å². The maximum absolute atomic E-state index is 12.1. The Bertz CT molecular complexity index is 565. The second kappa shape index (κ2) is 14.2. The molecule has 27 heavy (non-hydrogen) atoms. The molecule has 0 saturated carbocycles. The average Bonchev–Trinajstić information content (AvgIpc) is 2.63. The van der Waals surface area contributed by atoms with E-state index in [2.05, 4.69) is 13.8 Å². The van der Waals surface area contributed by atoms with Crippen LogP contribution in [0.4, 0.5) is 0 Å². The predicted molar refractivity (Wildman–Crippen MR) is 109 cm³/mol. The molecule has 1 aromatic carbocycles. The van der Waals surface area contributed by atoms with Gasteiger partial charge in [-0.05, 0) is 37.5 Å². The molecule has 0 fully saturated rings. The first-order chi connectivity index (χ1) is 13.1. The van der Waals surface area contributed by atoms with E-state index in [1.807, 2.05) is 13.0 Å². The van der Waals surface area contributed by atoms with Crippen LogP contribution in [0, 0.1) is 6.92 Å². The minimum Gasteiger partial charge on any atom is -0.423 e. The van der Waals surface area contributed by atoms with Gasteiger partial charge in [0.25, 0.3) is 0 Å². The van der Waals surface area contributed by atoms with E-state index < -0.39 is 0 Å². The number of aryl methyl sites for hydroxylation is 1. The van der Waals surface area contributed by atoms with Gasteiger partial charge in [0.1, 0.15) is 0 Å². The fraction of sp³-hybridized carbons (Fsp3) is 0.652. The van der Waals surface area contributed by atoms with Crippen LogP contribution in [-0.2, 0) is 9.59 Å². The summed E-state index contributed by atoms with van der Waals surface area (Å²) in [7, 11) is 0. The Morgan fingerprint density at radius 2 is 1.19 bits per heavy atom. The predicted octanol–water partition coefficient (Wildman–Crippen LogP) is 6.53. The number of benzene rings is 1. The zero-order valence-corrected chi connectivity index (χ0v) is 17.4. The van der Waals surface area contributed by atoms with Crippen molar-refractivity contribution in [1.29, 1.82) is 0 Å². The van der Waals surface area contributed by atoms with Crippen molar-refractivity contribution in [2.75, 3.05) is 0 Å². The molecule has 0 heterocycles. The average molecular weight is 377 g/mol. The van der Waals surface area contributed by atoms with Gasteiger partial charge in [-0.2, -0.15) is 0 Å². The fourth-order valence-electron chi connectivity index (χ4n) is 2.87. The van der Waals surface area contributed by atoms with Crippen molar-refractivity contribution in [2.45, 2.75) is 97.8 Å². The number of esters is 2.